The molecule has 0 aliphatic carbocycles. The van der Waals surface area contributed by atoms with Gasteiger partial charge in [0.1, 0.15) is 17.5 Å². The lowest BCUT2D eigenvalue weighted by Crippen LogP contribution is -2.20. The van der Waals surface area contributed by atoms with Crippen LogP contribution in [0.1, 0.15) is 21.6 Å². The fourth-order valence-corrected chi connectivity index (χ4v) is 4.04. The van der Waals surface area contributed by atoms with E-state index in [4.69, 9.17) is 0 Å². The van der Waals surface area contributed by atoms with Crippen LogP contribution < -0.4 is 16.0 Å². The van der Waals surface area contributed by atoms with Crippen molar-refractivity contribution >= 4 is 29.1 Å². The molecule has 5 rings (SSSR count). The number of fused-ring (bicyclic) bond motifs is 1. The summed E-state index contributed by atoms with van der Waals surface area (Å²) < 4.78 is 15.2. The predicted octanol–water partition coefficient (Wildman–Crippen LogP) is 4.38. The zero-order chi connectivity index (χ0) is 25.4. The summed E-state index contributed by atoms with van der Waals surface area (Å²) >= 11 is 0. The first-order valence-corrected chi connectivity index (χ1v) is 10.7. The van der Waals surface area contributed by atoms with Gasteiger partial charge < -0.3 is 15.6 Å². The van der Waals surface area contributed by atoms with Gasteiger partial charge in [-0.05, 0) is 42.3 Å². The molecular weight excluding hydrogens is 469 g/mol. The van der Waals surface area contributed by atoms with Crippen LogP contribution in [0.3, 0.4) is 0 Å². The number of rotatable bonds is 5. The molecule has 4 N–H and O–H groups in total. The van der Waals surface area contributed by atoms with E-state index in [1.807, 2.05) is 6.92 Å². The number of amides is 3. The number of hydrogen-bond donors (Lipinski definition) is 4. The number of nitrogens with zero attached hydrogens (tertiary/aromatic N) is 3. The monoisotopic (exact) mass is 487 g/mol. The number of pyridine rings is 1. The van der Waals surface area contributed by atoms with Gasteiger partial charge in [-0.1, -0.05) is 6.07 Å². The van der Waals surface area contributed by atoms with E-state index in [1.165, 1.54) is 24.4 Å². The number of carbonyl (C=O) groups is 2. The molecular formula is C24H18FN7O4. The van der Waals surface area contributed by atoms with Crippen LogP contribution in [0.2, 0.25) is 0 Å². The van der Waals surface area contributed by atoms with Crippen LogP contribution in [0.5, 0.6) is 0 Å². The molecule has 2 aromatic carbocycles. The Balaban J connectivity index is 1.40. The highest BCUT2D eigenvalue weighted by atomic mass is 19.1. The number of nitro groups is 1. The average Bonchev–Trinajstić information content (AvgIpc) is 3.45. The molecule has 0 unspecified atom stereocenters. The lowest BCUT2D eigenvalue weighted by Gasteiger charge is -2.13. The van der Waals surface area contributed by atoms with E-state index in [2.05, 4.69) is 30.9 Å². The molecule has 0 radical (unpaired) electrons. The van der Waals surface area contributed by atoms with Crippen molar-refractivity contribution in [3.63, 3.8) is 0 Å². The fraction of sp³-hybridized carbons (Fsp3) is 0.0833. The van der Waals surface area contributed by atoms with E-state index >= 15 is 4.39 Å². The summed E-state index contributed by atoms with van der Waals surface area (Å²) in [5.41, 5.74) is 3.30. The van der Waals surface area contributed by atoms with Crippen LogP contribution >= 0.6 is 0 Å². The largest absolute Gasteiger partial charge is 0.348 e. The summed E-state index contributed by atoms with van der Waals surface area (Å²) in [5.74, 6) is -0.347. The van der Waals surface area contributed by atoms with Crippen molar-refractivity contribution in [1.82, 2.24) is 20.3 Å². The van der Waals surface area contributed by atoms with Gasteiger partial charge in [-0.2, -0.15) is 0 Å². The zero-order valence-electron chi connectivity index (χ0n) is 18.8. The molecule has 0 spiro atoms. The molecule has 36 heavy (non-hydrogen) atoms. The molecule has 3 amide bonds. The number of hydrogen-bond acceptors (Lipinski definition) is 6. The molecule has 4 aromatic rings. The maximum atomic E-state index is 15.2. The topological polar surface area (TPSA) is 155 Å². The van der Waals surface area contributed by atoms with Crippen molar-refractivity contribution in [3.05, 3.63) is 87.6 Å². The minimum atomic E-state index is -0.746. The number of urea groups is 1. The van der Waals surface area contributed by atoms with Gasteiger partial charge >= 0.3 is 6.03 Å². The smallest absolute Gasteiger partial charge is 0.324 e. The molecule has 0 bridgehead atoms. The molecule has 180 valence electrons. The second-order valence-electron chi connectivity index (χ2n) is 8.04. The van der Waals surface area contributed by atoms with E-state index in [-0.39, 0.29) is 35.2 Å². The number of benzene rings is 2. The molecule has 1 aliphatic heterocycles. The first kappa shape index (κ1) is 22.7. The molecule has 2 aromatic heterocycles. The Labute approximate surface area is 202 Å². The van der Waals surface area contributed by atoms with Crippen LogP contribution in [0.15, 0.2) is 54.9 Å². The molecule has 0 saturated carbocycles. The highest BCUT2D eigenvalue weighted by molar-refractivity contribution is 6.06. The third kappa shape index (κ3) is 4.22. The standard InChI is InChI=1S/C24H18FN7O4/c1-12-10-27-22(29-12)17-5-4-15(18-11-28-23(33)21(17)18)16-3-2-13(8-19(16)25)30-24(34)31-20-9-14(32(35)36)6-7-26-20/h2-10H,11H2,1H3,(H,27,29)(H,28,33)(H2,26,30,31,34). The normalized spacial score (nSPS) is 12.1. The van der Waals surface area contributed by atoms with E-state index in [0.29, 0.717) is 28.1 Å². The van der Waals surface area contributed by atoms with Crippen molar-refractivity contribution in [3.8, 4) is 22.5 Å². The van der Waals surface area contributed by atoms with Crippen molar-refractivity contribution in [2.24, 2.45) is 0 Å². The minimum Gasteiger partial charge on any atom is -0.348 e. The first-order valence-electron chi connectivity index (χ1n) is 10.7. The van der Waals surface area contributed by atoms with Gasteiger partial charge in [0, 0.05) is 47.5 Å². The third-order valence-electron chi connectivity index (χ3n) is 5.64. The third-order valence-corrected chi connectivity index (χ3v) is 5.64. The van der Waals surface area contributed by atoms with Crippen LogP contribution in [0, 0.1) is 22.9 Å². The van der Waals surface area contributed by atoms with Gasteiger partial charge in [-0.15, -0.1) is 0 Å². The Morgan fingerprint density at radius 3 is 2.58 bits per heavy atom. The maximum Gasteiger partial charge on any atom is 0.324 e. The number of imidazole rings is 1. The van der Waals surface area contributed by atoms with E-state index in [1.54, 1.807) is 18.3 Å². The number of nitrogens with one attached hydrogen (secondary N) is 4. The van der Waals surface area contributed by atoms with E-state index in [0.717, 1.165) is 17.8 Å². The summed E-state index contributed by atoms with van der Waals surface area (Å²) in [6.45, 7) is 2.10. The predicted molar refractivity (Wildman–Crippen MR) is 129 cm³/mol. The summed E-state index contributed by atoms with van der Waals surface area (Å²) in [7, 11) is 0. The molecule has 1 aliphatic rings. The number of carbonyl (C=O) groups excluding carboxylic acids is 2. The van der Waals surface area contributed by atoms with Crippen molar-refractivity contribution in [2.75, 3.05) is 10.6 Å². The molecule has 3 heterocycles. The Bertz CT molecular complexity index is 1550. The molecule has 0 atom stereocenters. The zero-order valence-corrected chi connectivity index (χ0v) is 18.8. The van der Waals surface area contributed by atoms with Gasteiger partial charge in [0.25, 0.3) is 11.6 Å². The van der Waals surface area contributed by atoms with Gasteiger partial charge in [0.05, 0.1) is 16.6 Å². The van der Waals surface area contributed by atoms with Crippen molar-refractivity contribution < 1.29 is 18.9 Å². The van der Waals surface area contributed by atoms with Gasteiger partial charge in [0.15, 0.2) is 0 Å². The van der Waals surface area contributed by atoms with Crippen LogP contribution in [0.4, 0.5) is 26.4 Å². The highest BCUT2D eigenvalue weighted by Gasteiger charge is 2.28. The SMILES string of the molecule is Cc1cnc(-c2ccc(-c3ccc(NC(=O)Nc4cc([N+](=O)[O-])ccn4)cc3F)c3c2C(=O)NC3)[nH]1. The summed E-state index contributed by atoms with van der Waals surface area (Å²) in [5, 5.41) is 18.5. The Morgan fingerprint density at radius 2 is 1.86 bits per heavy atom. The van der Waals surface area contributed by atoms with Crippen molar-refractivity contribution in [1.29, 1.82) is 0 Å². The molecule has 12 heteroatoms. The number of aryl methyl sites for hydroxylation is 1. The first-order chi connectivity index (χ1) is 17.3. The number of halogens is 1. The number of H-pyrrole nitrogens is 1. The second-order valence-corrected chi connectivity index (χ2v) is 8.04. The lowest BCUT2D eigenvalue weighted by molar-refractivity contribution is -0.384. The molecule has 0 saturated heterocycles. The minimum absolute atomic E-state index is 0.0293. The Kier molecular flexibility index (Phi) is 5.60. The van der Waals surface area contributed by atoms with E-state index in [9.17, 15) is 19.7 Å². The summed E-state index contributed by atoms with van der Waals surface area (Å²) in [6, 6.07) is 9.18. The summed E-state index contributed by atoms with van der Waals surface area (Å²) in [4.78, 5) is 46.4. The van der Waals surface area contributed by atoms with Gasteiger partial charge in [-0.3, -0.25) is 20.2 Å². The Morgan fingerprint density at radius 1 is 1.08 bits per heavy atom. The number of aromatic nitrogens is 3. The van der Waals surface area contributed by atoms with Crippen LogP contribution in [-0.2, 0) is 6.54 Å². The lowest BCUT2D eigenvalue weighted by atomic mass is 9.92. The highest BCUT2D eigenvalue weighted by Crippen LogP contribution is 2.36. The van der Waals surface area contributed by atoms with Gasteiger partial charge in [0.2, 0.25) is 0 Å². The van der Waals surface area contributed by atoms with Crippen LogP contribution in [0.25, 0.3) is 22.5 Å². The van der Waals surface area contributed by atoms with E-state index < -0.39 is 16.8 Å². The number of anilines is 2. The molecule has 11 nitrogen and oxygen atoms in total. The van der Waals surface area contributed by atoms with Gasteiger partial charge in [-0.25, -0.2) is 19.2 Å². The molecule has 0 fully saturated rings. The summed E-state index contributed by atoms with van der Waals surface area (Å²) in [6.07, 6.45) is 2.86. The van der Waals surface area contributed by atoms with Crippen LogP contribution in [-0.4, -0.2) is 31.8 Å². The fourth-order valence-electron chi connectivity index (χ4n) is 4.04. The quantitative estimate of drug-likeness (QED) is 0.242. The maximum absolute atomic E-state index is 15.2. The Hall–Kier alpha value is -5.13. The van der Waals surface area contributed by atoms with Crippen molar-refractivity contribution in [2.45, 2.75) is 13.5 Å². The number of aromatic amines is 1. The average molecular weight is 487 g/mol. The second kappa shape index (κ2) is 8.91.